The average molecular weight is 394 g/mol. The van der Waals surface area contributed by atoms with Crippen molar-refractivity contribution in [3.05, 3.63) is 77.3 Å². The largest absolute Gasteiger partial charge is 0.366 e. The number of aromatic nitrogens is 2. The van der Waals surface area contributed by atoms with Crippen molar-refractivity contribution in [1.29, 1.82) is 0 Å². The van der Waals surface area contributed by atoms with Gasteiger partial charge in [-0.2, -0.15) is 0 Å². The number of benzene rings is 1. The van der Waals surface area contributed by atoms with Gasteiger partial charge in [0.15, 0.2) is 0 Å². The van der Waals surface area contributed by atoms with Crippen molar-refractivity contribution in [1.82, 2.24) is 15.3 Å². The van der Waals surface area contributed by atoms with Gasteiger partial charge in [0, 0.05) is 41.9 Å². The van der Waals surface area contributed by atoms with E-state index in [2.05, 4.69) is 27.4 Å². The molecule has 0 bridgehead atoms. The summed E-state index contributed by atoms with van der Waals surface area (Å²) in [6, 6.07) is 11.8. The van der Waals surface area contributed by atoms with Crippen LogP contribution >= 0.6 is 11.6 Å². The van der Waals surface area contributed by atoms with Crippen LogP contribution in [0.4, 0.5) is 0 Å². The summed E-state index contributed by atoms with van der Waals surface area (Å²) in [5.74, 6) is 1.12. The lowest BCUT2D eigenvalue weighted by atomic mass is 9.79. The number of H-pyrrole nitrogens is 1. The molecule has 1 fully saturated rings. The lowest BCUT2D eigenvalue weighted by molar-refractivity contribution is 0.0943. The zero-order valence-electron chi connectivity index (χ0n) is 15.7. The molecule has 1 aromatic carbocycles. The van der Waals surface area contributed by atoms with Crippen molar-refractivity contribution >= 4 is 17.5 Å². The molecule has 28 heavy (non-hydrogen) atoms. The van der Waals surface area contributed by atoms with Crippen LogP contribution in [0.1, 0.15) is 47.5 Å². The summed E-state index contributed by atoms with van der Waals surface area (Å²) in [6.07, 6.45) is 12.0. The Labute approximate surface area is 170 Å². The van der Waals surface area contributed by atoms with Crippen molar-refractivity contribution in [3.8, 4) is 11.1 Å². The van der Waals surface area contributed by atoms with Gasteiger partial charge in [0.1, 0.15) is 0 Å². The van der Waals surface area contributed by atoms with Gasteiger partial charge >= 0.3 is 0 Å². The minimum Gasteiger partial charge on any atom is -0.366 e. The van der Waals surface area contributed by atoms with Crippen molar-refractivity contribution in [2.45, 2.75) is 31.6 Å². The van der Waals surface area contributed by atoms with Crippen LogP contribution in [0.5, 0.6) is 0 Å². The van der Waals surface area contributed by atoms with Gasteiger partial charge in [-0.25, -0.2) is 0 Å². The second kappa shape index (κ2) is 8.61. The Balaban J connectivity index is 1.33. The Morgan fingerprint density at radius 2 is 1.89 bits per heavy atom. The third-order valence-corrected chi connectivity index (χ3v) is 5.94. The number of halogens is 1. The molecule has 1 saturated carbocycles. The van der Waals surface area contributed by atoms with E-state index in [1.807, 2.05) is 42.9 Å². The van der Waals surface area contributed by atoms with Gasteiger partial charge in [-0.1, -0.05) is 23.7 Å². The molecule has 1 aliphatic rings. The Bertz CT molecular complexity index is 930. The molecular weight excluding hydrogens is 370 g/mol. The van der Waals surface area contributed by atoms with Crippen molar-refractivity contribution in [2.75, 3.05) is 6.54 Å². The van der Waals surface area contributed by atoms with Crippen LogP contribution in [0.3, 0.4) is 0 Å². The topological polar surface area (TPSA) is 57.8 Å². The van der Waals surface area contributed by atoms with E-state index in [1.54, 1.807) is 6.20 Å². The summed E-state index contributed by atoms with van der Waals surface area (Å²) in [6.45, 7) is 0.724. The van der Waals surface area contributed by atoms with Crippen molar-refractivity contribution in [3.63, 3.8) is 0 Å². The lowest BCUT2D eigenvalue weighted by Crippen LogP contribution is -2.31. The van der Waals surface area contributed by atoms with Crippen LogP contribution in [0.2, 0.25) is 5.02 Å². The molecule has 144 valence electrons. The molecule has 2 N–H and O–H groups in total. The Hall–Kier alpha value is -2.59. The van der Waals surface area contributed by atoms with E-state index in [4.69, 9.17) is 11.6 Å². The van der Waals surface area contributed by atoms with Gasteiger partial charge in [0.25, 0.3) is 5.91 Å². The summed E-state index contributed by atoms with van der Waals surface area (Å²) >= 11 is 6.10. The summed E-state index contributed by atoms with van der Waals surface area (Å²) < 4.78 is 0. The summed E-state index contributed by atoms with van der Waals surface area (Å²) in [5.41, 5.74) is 3.86. The molecule has 2 aromatic heterocycles. The highest BCUT2D eigenvalue weighted by Gasteiger charge is 2.23. The van der Waals surface area contributed by atoms with Crippen LogP contribution in [0, 0.1) is 5.92 Å². The maximum absolute atomic E-state index is 12.7. The SMILES string of the molecule is O=C(NCC1CCC(c2ccncc2)CC1)c1c[nH]cc1-c1cccc(Cl)c1. The van der Waals surface area contributed by atoms with Gasteiger partial charge in [-0.3, -0.25) is 9.78 Å². The standard InChI is InChI=1S/C23H24ClN3O/c24-20-3-1-2-19(12-20)21-14-26-15-22(21)23(28)27-13-16-4-6-17(7-5-16)18-8-10-25-11-9-18/h1-3,8-12,14-17,26H,4-7,13H2,(H,27,28). The van der Waals surface area contributed by atoms with E-state index in [1.165, 1.54) is 18.4 Å². The fraction of sp³-hybridized carbons (Fsp3) is 0.304. The molecule has 0 saturated heterocycles. The number of hydrogen-bond donors (Lipinski definition) is 2. The number of pyridine rings is 1. The smallest absolute Gasteiger partial charge is 0.253 e. The Morgan fingerprint density at radius 1 is 1.11 bits per heavy atom. The van der Waals surface area contributed by atoms with Gasteiger partial charge in [0.2, 0.25) is 0 Å². The number of aromatic amines is 1. The monoisotopic (exact) mass is 393 g/mol. The third kappa shape index (κ3) is 4.28. The van der Waals surface area contributed by atoms with E-state index in [-0.39, 0.29) is 5.91 Å². The normalized spacial score (nSPS) is 19.3. The predicted octanol–water partition coefficient (Wildman–Crippen LogP) is 5.43. The van der Waals surface area contributed by atoms with Crippen LogP contribution in [0.15, 0.2) is 61.2 Å². The molecule has 2 heterocycles. The van der Waals surface area contributed by atoms with Crippen molar-refractivity contribution in [2.24, 2.45) is 5.92 Å². The van der Waals surface area contributed by atoms with Crippen LogP contribution in [-0.4, -0.2) is 22.4 Å². The lowest BCUT2D eigenvalue weighted by Gasteiger charge is -2.28. The molecule has 0 radical (unpaired) electrons. The first-order chi connectivity index (χ1) is 13.7. The van der Waals surface area contributed by atoms with E-state index in [0.717, 1.165) is 30.5 Å². The molecule has 5 heteroatoms. The van der Waals surface area contributed by atoms with Gasteiger partial charge < -0.3 is 10.3 Å². The van der Waals surface area contributed by atoms with Gasteiger partial charge in [-0.15, -0.1) is 0 Å². The number of hydrogen-bond acceptors (Lipinski definition) is 2. The van der Waals surface area contributed by atoms with E-state index in [0.29, 0.717) is 22.4 Å². The molecule has 0 spiro atoms. The minimum absolute atomic E-state index is 0.0347. The van der Waals surface area contributed by atoms with E-state index in [9.17, 15) is 4.79 Å². The quantitative estimate of drug-likeness (QED) is 0.606. The number of carbonyl (C=O) groups is 1. The summed E-state index contributed by atoms with van der Waals surface area (Å²) in [7, 11) is 0. The van der Waals surface area contributed by atoms with Crippen LogP contribution in [-0.2, 0) is 0 Å². The molecule has 4 nitrogen and oxygen atoms in total. The first kappa shape index (κ1) is 18.8. The maximum atomic E-state index is 12.7. The van der Waals surface area contributed by atoms with Crippen molar-refractivity contribution < 1.29 is 4.79 Å². The Kier molecular flexibility index (Phi) is 5.77. The third-order valence-electron chi connectivity index (χ3n) is 5.70. The number of amides is 1. The maximum Gasteiger partial charge on any atom is 0.253 e. The molecule has 0 unspecified atom stereocenters. The fourth-order valence-corrected chi connectivity index (χ4v) is 4.30. The first-order valence-electron chi connectivity index (χ1n) is 9.81. The molecule has 1 aliphatic carbocycles. The fourth-order valence-electron chi connectivity index (χ4n) is 4.11. The molecule has 0 atom stereocenters. The van der Waals surface area contributed by atoms with E-state index < -0.39 is 0 Å². The minimum atomic E-state index is -0.0347. The first-order valence-corrected chi connectivity index (χ1v) is 10.2. The highest BCUT2D eigenvalue weighted by molar-refractivity contribution is 6.30. The molecule has 1 amide bonds. The van der Waals surface area contributed by atoms with Crippen LogP contribution < -0.4 is 5.32 Å². The zero-order chi connectivity index (χ0) is 19.3. The van der Waals surface area contributed by atoms with E-state index >= 15 is 0 Å². The van der Waals surface area contributed by atoms with Gasteiger partial charge in [-0.05, 0) is 72.9 Å². The number of carbonyl (C=O) groups excluding carboxylic acids is 1. The highest BCUT2D eigenvalue weighted by Crippen LogP contribution is 2.35. The molecular formula is C23H24ClN3O. The summed E-state index contributed by atoms with van der Waals surface area (Å²) in [4.78, 5) is 19.9. The summed E-state index contributed by atoms with van der Waals surface area (Å²) in [5, 5.41) is 3.80. The number of nitrogens with one attached hydrogen (secondary N) is 2. The second-order valence-corrected chi connectivity index (χ2v) is 7.94. The number of nitrogens with zero attached hydrogens (tertiary/aromatic N) is 1. The van der Waals surface area contributed by atoms with Crippen LogP contribution in [0.25, 0.3) is 11.1 Å². The van der Waals surface area contributed by atoms with Gasteiger partial charge in [0.05, 0.1) is 5.56 Å². The average Bonchev–Trinajstić information content (AvgIpc) is 3.23. The predicted molar refractivity (Wildman–Crippen MR) is 113 cm³/mol. The molecule has 3 aromatic rings. The zero-order valence-corrected chi connectivity index (χ0v) is 16.5. The Morgan fingerprint density at radius 3 is 2.64 bits per heavy atom. The second-order valence-electron chi connectivity index (χ2n) is 7.50. The molecule has 0 aliphatic heterocycles. The molecule has 4 rings (SSSR count). The number of rotatable bonds is 5. The highest BCUT2D eigenvalue weighted by atomic mass is 35.5.